The number of H-pyrrole nitrogens is 1. The summed E-state index contributed by atoms with van der Waals surface area (Å²) >= 11 is 0. The molecule has 0 atom stereocenters. The first kappa shape index (κ1) is 15.0. The standard InChI is InChI=1S/C15H19N3O3/c1-10(2)8-18(9-15(20)21)14(19)7-13-11-5-3-4-6-12(11)16-17-13/h3-6,10H,7-9H2,1-2H3,(H,16,17)(H,20,21). The Bertz CT molecular complexity index is 648. The summed E-state index contributed by atoms with van der Waals surface area (Å²) < 4.78 is 0. The van der Waals surface area contributed by atoms with Crippen molar-refractivity contribution in [1.82, 2.24) is 15.1 Å². The van der Waals surface area contributed by atoms with Gasteiger partial charge in [-0.2, -0.15) is 5.10 Å². The quantitative estimate of drug-likeness (QED) is 0.847. The van der Waals surface area contributed by atoms with Crippen molar-refractivity contribution >= 4 is 22.8 Å². The Morgan fingerprint density at radius 1 is 1.33 bits per heavy atom. The Morgan fingerprint density at radius 3 is 2.71 bits per heavy atom. The van der Waals surface area contributed by atoms with E-state index in [1.807, 2.05) is 38.1 Å². The van der Waals surface area contributed by atoms with Crippen molar-refractivity contribution in [3.63, 3.8) is 0 Å². The predicted octanol–water partition coefficient (Wildman–Crippen LogP) is 1.67. The number of carboxylic acids is 1. The molecule has 2 N–H and O–H groups in total. The van der Waals surface area contributed by atoms with Gasteiger partial charge < -0.3 is 10.0 Å². The summed E-state index contributed by atoms with van der Waals surface area (Å²) in [4.78, 5) is 24.6. The number of para-hydroxylation sites is 1. The lowest BCUT2D eigenvalue weighted by Crippen LogP contribution is -2.39. The highest BCUT2D eigenvalue weighted by molar-refractivity contribution is 5.88. The normalized spacial score (nSPS) is 11.0. The molecule has 1 aromatic carbocycles. The van der Waals surface area contributed by atoms with Crippen LogP contribution >= 0.6 is 0 Å². The molecule has 2 aromatic rings. The molecule has 0 spiro atoms. The number of carbonyl (C=O) groups is 2. The molecule has 0 fully saturated rings. The number of aromatic amines is 1. The fraction of sp³-hybridized carbons (Fsp3) is 0.400. The summed E-state index contributed by atoms with van der Waals surface area (Å²) in [7, 11) is 0. The number of fused-ring (bicyclic) bond motifs is 1. The van der Waals surface area contributed by atoms with Crippen LogP contribution in [-0.4, -0.2) is 45.2 Å². The molecule has 0 saturated heterocycles. The number of benzene rings is 1. The second-order valence-corrected chi connectivity index (χ2v) is 5.46. The van der Waals surface area contributed by atoms with Crippen molar-refractivity contribution in [3.8, 4) is 0 Å². The Kier molecular flexibility index (Phi) is 4.57. The number of hydrogen-bond acceptors (Lipinski definition) is 3. The van der Waals surface area contributed by atoms with Crippen molar-refractivity contribution < 1.29 is 14.7 Å². The predicted molar refractivity (Wildman–Crippen MR) is 78.9 cm³/mol. The lowest BCUT2D eigenvalue weighted by Gasteiger charge is -2.22. The lowest BCUT2D eigenvalue weighted by atomic mass is 10.1. The van der Waals surface area contributed by atoms with Gasteiger partial charge >= 0.3 is 5.97 Å². The molecule has 0 aliphatic rings. The van der Waals surface area contributed by atoms with Gasteiger partial charge in [-0.05, 0) is 12.0 Å². The van der Waals surface area contributed by atoms with Gasteiger partial charge in [-0.25, -0.2) is 0 Å². The molecule has 6 heteroatoms. The van der Waals surface area contributed by atoms with Crippen molar-refractivity contribution in [2.45, 2.75) is 20.3 Å². The van der Waals surface area contributed by atoms with Crippen molar-refractivity contribution in [2.24, 2.45) is 5.92 Å². The average molecular weight is 289 g/mol. The van der Waals surface area contributed by atoms with Crippen LogP contribution in [0.4, 0.5) is 0 Å². The number of rotatable bonds is 6. The van der Waals surface area contributed by atoms with Gasteiger partial charge in [0.2, 0.25) is 5.91 Å². The first-order valence-electron chi connectivity index (χ1n) is 6.89. The van der Waals surface area contributed by atoms with Crippen LogP contribution in [0.25, 0.3) is 10.9 Å². The molecular formula is C15H19N3O3. The minimum atomic E-state index is -1.00. The van der Waals surface area contributed by atoms with Crippen molar-refractivity contribution in [1.29, 1.82) is 0 Å². The van der Waals surface area contributed by atoms with E-state index in [-0.39, 0.29) is 24.8 Å². The summed E-state index contributed by atoms with van der Waals surface area (Å²) in [6.45, 7) is 4.06. The Hall–Kier alpha value is -2.37. The van der Waals surface area contributed by atoms with Gasteiger partial charge in [-0.15, -0.1) is 0 Å². The van der Waals surface area contributed by atoms with Gasteiger partial charge in [0.1, 0.15) is 6.54 Å². The molecule has 6 nitrogen and oxygen atoms in total. The molecular weight excluding hydrogens is 270 g/mol. The van der Waals surface area contributed by atoms with Crippen molar-refractivity contribution in [3.05, 3.63) is 30.0 Å². The van der Waals surface area contributed by atoms with E-state index in [1.54, 1.807) is 0 Å². The fourth-order valence-electron chi connectivity index (χ4n) is 2.27. The zero-order valence-electron chi connectivity index (χ0n) is 12.2. The third kappa shape index (κ3) is 3.81. The largest absolute Gasteiger partial charge is 0.480 e. The third-order valence-corrected chi connectivity index (χ3v) is 3.13. The van der Waals surface area contributed by atoms with E-state index in [4.69, 9.17) is 5.11 Å². The first-order valence-corrected chi connectivity index (χ1v) is 6.89. The van der Waals surface area contributed by atoms with Gasteiger partial charge in [0.25, 0.3) is 0 Å². The van der Waals surface area contributed by atoms with Crippen LogP contribution in [0.2, 0.25) is 0 Å². The summed E-state index contributed by atoms with van der Waals surface area (Å²) in [6.07, 6.45) is 0.126. The van der Waals surface area contributed by atoms with E-state index >= 15 is 0 Å². The molecule has 0 radical (unpaired) electrons. The minimum Gasteiger partial charge on any atom is -0.480 e. The van der Waals surface area contributed by atoms with Gasteiger partial charge in [0, 0.05) is 11.9 Å². The Balaban J connectivity index is 2.15. The number of nitrogens with zero attached hydrogens (tertiary/aromatic N) is 2. The van der Waals surface area contributed by atoms with Crippen LogP contribution in [0.15, 0.2) is 24.3 Å². The molecule has 1 heterocycles. The van der Waals surface area contributed by atoms with Crippen LogP contribution in [0, 0.1) is 5.92 Å². The zero-order chi connectivity index (χ0) is 15.4. The van der Waals surface area contributed by atoms with Gasteiger partial charge in [-0.3, -0.25) is 14.7 Å². The number of amides is 1. The van der Waals surface area contributed by atoms with Crippen LogP contribution in [-0.2, 0) is 16.0 Å². The third-order valence-electron chi connectivity index (χ3n) is 3.13. The highest BCUT2D eigenvalue weighted by atomic mass is 16.4. The fourth-order valence-corrected chi connectivity index (χ4v) is 2.27. The van der Waals surface area contributed by atoms with E-state index in [1.165, 1.54) is 4.90 Å². The summed E-state index contributed by atoms with van der Waals surface area (Å²) in [5.41, 5.74) is 1.52. The lowest BCUT2D eigenvalue weighted by molar-refractivity contribution is -0.144. The van der Waals surface area contributed by atoms with E-state index in [0.29, 0.717) is 6.54 Å². The Labute approximate surface area is 122 Å². The molecule has 1 aromatic heterocycles. The summed E-state index contributed by atoms with van der Waals surface area (Å²) in [6, 6.07) is 7.52. The number of nitrogens with one attached hydrogen (secondary N) is 1. The SMILES string of the molecule is CC(C)CN(CC(=O)O)C(=O)Cc1[nH]nc2ccccc12. The molecule has 0 unspecified atom stereocenters. The van der Waals surface area contributed by atoms with Crippen LogP contribution in [0.1, 0.15) is 19.5 Å². The van der Waals surface area contributed by atoms with Crippen LogP contribution < -0.4 is 0 Å². The molecule has 2 rings (SSSR count). The average Bonchev–Trinajstić information content (AvgIpc) is 2.80. The Morgan fingerprint density at radius 2 is 2.05 bits per heavy atom. The molecule has 1 amide bonds. The number of carbonyl (C=O) groups excluding carboxylic acids is 1. The molecule has 0 bridgehead atoms. The molecule has 0 aliphatic carbocycles. The molecule has 0 aliphatic heterocycles. The highest BCUT2D eigenvalue weighted by Gasteiger charge is 2.19. The maximum Gasteiger partial charge on any atom is 0.323 e. The van der Waals surface area contributed by atoms with Crippen LogP contribution in [0.3, 0.4) is 0 Å². The smallest absolute Gasteiger partial charge is 0.323 e. The maximum absolute atomic E-state index is 12.3. The van der Waals surface area contributed by atoms with Crippen molar-refractivity contribution in [2.75, 3.05) is 13.1 Å². The second kappa shape index (κ2) is 6.39. The number of aliphatic carboxylic acids is 1. The zero-order valence-corrected chi connectivity index (χ0v) is 12.2. The minimum absolute atomic E-state index is 0.126. The molecule has 112 valence electrons. The molecule has 21 heavy (non-hydrogen) atoms. The van der Waals surface area contributed by atoms with E-state index in [0.717, 1.165) is 16.6 Å². The van der Waals surface area contributed by atoms with Crippen LogP contribution in [0.5, 0.6) is 0 Å². The summed E-state index contributed by atoms with van der Waals surface area (Å²) in [5, 5.41) is 16.8. The first-order chi connectivity index (χ1) is 9.97. The van der Waals surface area contributed by atoms with Gasteiger partial charge in [0.15, 0.2) is 0 Å². The topological polar surface area (TPSA) is 86.3 Å². The second-order valence-electron chi connectivity index (χ2n) is 5.46. The van der Waals surface area contributed by atoms with E-state index < -0.39 is 5.97 Å². The molecule has 0 saturated carbocycles. The number of hydrogen-bond donors (Lipinski definition) is 2. The number of carboxylic acid groups (broad SMARTS) is 1. The highest BCUT2D eigenvalue weighted by Crippen LogP contribution is 2.16. The van der Waals surface area contributed by atoms with E-state index in [9.17, 15) is 9.59 Å². The van der Waals surface area contributed by atoms with Gasteiger partial charge in [-0.1, -0.05) is 32.0 Å². The summed E-state index contributed by atoms with van der Waals surface area (Å²) in [5.74, 6) is -0.995. The monoisotopic (exact) mass is 289 g/mol. The van der Waals surface area contributed by atoms with Gasteiger partial charge in [0.05, 0.1) is 17.6 Å². The van der Waals surface area contributed by atoms with E-state index in [2.05, 4.69) is 10.2 Å². The number of aromatic nitrogens is 2. The maximum atomic E-state index is 12.3.